The Labute approximate surface area is 217 Å². The Morgan fingerprint density at radius 3 is 2.32 bits per heavy atom. The zero-order chi connectivity index (χ0) is 26.9. The molecule has 2 heterocycles. The number of para-hydroxylation sites is 1. The van der Waals surface area contributed by atoms with Crippen LogP contribution in [0.15, 0.2) is 58.1 Å². The third kappa shape index (κ3) is 4.92. The summed E-state index contributed by atoms with van der Waals surface area (Å²) in [4.78, 5) is 55.3. The summed E-state index contributed by atoms with van der Waals surface area (Å²) in [6, 6.07) is 13.9. The van der Waals surface area contributed by atoms with Crippen molar-refractivity contribution in [1.82, 2.24) is 14.0 Å². The Kier molecular flexibility index (Phi) is 7.30. The van der Waals surface area contributed by atoms with Crippen molar-refractivity contribution in [2.24, 2.45) is 0 Å². The van der Waals surface area contributed by atoms with Crippen molar-refractivity contribution in [2.45, 2.75) is 27.3 Å². The van der Waals surface area contributed by atoms with Crippen LogP contribution in [0.25, 0.3) is 15.9 Å². The highest BCUT2D eigenvalue weighted by Crippen LogP contribution is 2.29. The lowest BCUT2D eigenvalue weighted by molar-refractivity contribution is -0.116. The molecule has 0 aliphatic rings. The van der Waals surface area contributed by atoms with Gasteiger partial charge in [-0.2, -0.15) is 0 Å². The SMILES string of the molecule is CCOc1ccc(-n2c(=O)c3c(C)c(C(=O)N(C)C)sc3n(CC(=O)Nc3ccccc3C)c2=O)cc1. The molecule has 192 valence electrons. The lowest BCUT2D eigenvalue weighted by atomic mass is 10.2. The van der Waals surface area contributed by atoms with E-state index in [4.69, 9.17) is 4.74 Å². The van der Waals surface area contributed by atoms with E-state index < -0.39 is 17.2 Å². The summed E-state index contributed by atoms with van der Waals surface area (Å²) >= 11 is 1.04. The monoisotopic (exact) mass is 520 g/mol. The van der Waals surface area contributed by atoms with Gasteiger partial charge >= 0.3 is 5.69 Å². The molecular formula is C27H28N4O5S. The molecule has 2 aromatic carbocycles. The number of fused-ring (bicyclic) bond motifs is 1. The first kappa shape index (κ1) is 25.9. The van der Waals surface area contributed by atoms with Crippen LogP contribution in [-0.4, -0.2) is 46.6 Å². The molecule has 0 atom stereocenters. The first-order valence-corrected chi connectivity index (χ1v) is 12.5. The van der Waals surface area contributed by atoms with Gasteiger partial charge in [-0.25, -0.2) is 9.36 Å². The highest BCUT2D eigenvalue weighted by molar-refractivity contribution is 7.20. The molecule has 0 saturated heterocycles. The first-order valence-electron chi connectivity index (χ1n) is 11.7. The van der Waals surface area contributed by atoms with Crippen LogP contribution in [0.1, 0.15) is 27.7 Å². The maximum absolute atomic E-state index is 13.7. The first-order chi connectivity index (χ1) is 17.6. The number of nitrogens with zero attached hydrogens (tertiary/aromatic N) is 3. The Bertz CT molecular complexity index is 1610. The minimum Gasteiger partial charge on any atom is -0.494 e. The number of carbonyl (C=O) groups excluding carboxylic acids is 2. The van der Waals surface area contributed by atoms with Crippen LogP contribution >= 0.6 is 11.3 Å². The van der Waals surface area contributed by atoms with E-state index >= 15 is 0 Å². The lowest BCUT2D eigenvalue weighted by Crippen LogP contribution is -2.40. The Balaban J connectivity index is 1.91. The molecule has 1 N–H and O–H groups in total. The number of nitrogens with one attached hydrogen (secondary N) is 1. The summed E-state index contributed by atoms with van der Waals surface area (Å²) in [6.45, 7) is 5.55. The Morgan fingerprint density at radius 1 is 1.03 bits per heavy atom. The fourth-order valence-corrected chi connectivity index (χ4v) is 5.34. The lowest BCUT2D eigenvalue weighted by Gasteiger charge is -2.13. The average molecular weight is 521 g/mol. The Hall–Kier alpha value is -4.18. The van der Waals surface area contributed by atoms with Gasteiger partial charge in [-0.3, -0.25) is 19.0 Å². The molecule has 2 amide bonds. The van der Waals surface area contributed by atoms with Crippen molar-refractivity contribution in [1.29, 1.82) is 0 Å². The van der Waals surface area contributed by atoms with Crippen LogP contribution < -0.4 is 21.3 Å². The van der Waals surface area contributed by atoms with E-state index in [0.29, 0.717) is 34.2 Å². The molecular weight excluding hydrogens is 492 g/mol. The standard InChI is InChI=1S/C27H28N4O5S/c1-6-36-19-13-11-18(12-14-19)31-24(33)22-17(3)23(25(34)29(4)5)37-26(22)30(27(31)35)15-21(32)28-20-10-8-7-9-16(20)2/h7-14H,6,15H2,1-5H3,(H,28,32). The van der Waals surface area contributed by atoms with Crippen molar-refractivity contribution >= 4 is 39.1 Å². The number of ether oxygens (including phenoxy) is 1. The third-order valence-corrected chi connectivity index (χ3v) is 7.24. The molecule has 4 rings (SSSR count). The third-order valence-electron chi connectivity index (χ3n) is 5.94. The van der Waals surface area contributed by atoms with Gasteiger partial charge in [-0.15, -0.1) is 11.3 Å². The number of carbonyl (C=O) groups is 2. The fourth-order valence-electron chi connectivity index (χ4n) is 4.03. The molecule has 0 aliphatic heterocycles. The molecule has 0 bridgehead atoms. The number of aryl methyl sites for hydroxylation is 2. The summed E-state index contributed by atoms with van der Waals surface area (Å²) in [6.07, 6.45) is 0. The van der Waals surface area contributed by atoms with Gasteiger partial charge in [-0.1, -0.05) is 18.2 Å². The summed E-state index contributed by atoms with van der Waals surface area (Å²) in [5.41, 5.74) is 1.08. The minimum absolute atomic E-state index is 0.229. The van der Waals surface area contributed by atoms with Crippen LogP contribution in [0.3, 0.4) is 0 Å². The normalized spacial score (nSPS) is 10.9. The number of hydrogen-bond donors (Lipinski definition) is 1. The van der Waals surface area contributed by atoms with Gasteiger partial charge in [0.2, 0.25) is 5.91 Å². The summed E-state index contributed by atoms with van der Waals surface area (Å²) < 4.78 is 7.76. The van der Waals surface area contributed by atoms with Crippen molar-refractivity contribution < 1.29 is 14.3 Å². The van der Waals surface area contributed by atoms with E-state index in [9.17, 15) is 19.2 Å². The molecule has 0 unspecified atom stereocenters. The van der Waals surface area contributed by atoms with Crippen LogP contribution in [0.5, 0.6) is 5.75 Å². The van der Waals surface area contributed by atoms with Gasteiger partial charge in [0.15, 0.2) is 0 Å². The molecule has 0 saturated carbocycles. The predicted molar refractivity (Wildman–Crippen MR) is 145 cm³/mol. The average Bonchev–Trinajstić information content (AvgIpc) is 3.21. The molecule has 0 aliphatic carbocycles. The molecule has 9 nitrogen and oxygen atoms in total. The summed E-state index contributed by atoms with van der Waals surface area (Å²) in [7, 11) is 3.24. The van der Waals surface area contributed by atoms with Crippen LogP contribution in [0.2, 0.25) is 0 Å². The van der Waals surface area contributed by atoms with Crippen molar-refractivity contribution in [3.63, 3.8) is 0 Å². The quantitative estimate of drug-likeness (QED) is 0.401. The number of aromatic nitrogens is 2. The van der Waals surface area contributed by atoms with E-state index in [0.717, 1.165) is 21.5 Å². The second-order valence-electron chi connectivity index (χ2n) is 8.74. The maximum Gasteiger partial charge on any atom is 0.337 e. The number of thiophene rings is 1. The van der Waals surface area contributed by atoms with Crippen LogP contribution in [0.4, 0.5) is 5.69 Å². The van der Waals surface area contributed by atoms with Crippen molar-refractivity contribution in [2.75, 3.05) is 26.0 Å². The fraction of sp³-hybridized carbons (Fsp3) is 0.259. The highest BCUT2D eigenvalue weighted by atomic mass is 32.1. The highest BCUT2D eigenvalue weighted by Gasteiger charge is 2.25. The zero-order valence-corrected chi connectivity index (χ0v) is 22.1. The number of benzene rings is 2. The molecule has 0 spiro atoms. The van der Waals surface area contributed by atoms with Gasteiger partial charge in [0.05, 0.1) is 22.6 Å². The Morgan fingerprint density at radius 2 is 1.70 bits per heavy atom. The summed E-state index contributed by atoms with van der Waals surface area (Å²) in [5.74, 6) is -0.112. The smallest absolute Gasteiger partial charge is 0.337 e. The van der Waals surface area contributed by atoms with Gasteiger partial charge < -0.3 is 15.0 Å². The van der Waals surface area contributed by atoms with E-state index in [1.165, 1.54) is 9.47 Å². The second kappa shape index (κ2) is 10.4. The molecule has 37 heavy (non-hydrogen) atoms. The molecule has 0 fully saturated rings. The van der Waals surface area contributed by atoms with E-state index in [-0.39, 0.29) is 22.7 Å². The zero-order valence-electron chi connectivity index (χ0n) is 21.3. The second-order valence-corrected chi connectivity index (χ2v) is 9.73. The summed E-state index contributed by atoms with van der Waals surface area (Å²) in [5, 5.41) is 3.06. The minimum atomic E-state index is -0.674. The number of amides is 2. The van der Waals surface area contributed by atoms with Crippen molar-refractivity contribution in [3.05, 3.63) is 85.4 Å². The van der Waals surface area contributed by atoms with Crippen LogP contribution in [-0.2, 0) is 11.3 Å². The molecule has 2 aromatic heterocycles. The van der Waals surface area contributed by atoms with E-state index in [1.54, 1.807) is 57.4 Å². The van der Waals surface area contributed by atoms with E-state index in [2.05, 4.69) is 5.32 Å². The van der Waals surface area contributed by atoms with Gasteiger partial charge in [-0.05, 0) is 62.2 Å². The number of rotatable bonds is 7. The predicted octanol–water partition coefficient (Wildman–Crippen LogP) is 3.57. The largest absolute Gasteiger partial charge is 0.494 e. The van der Waals surface area contributed by atoms with E-state index in [1.807, 2.05) is 26.0 Å². The van der Waals surface area contributed by atoms with Gasteiger partial charge in [0, 0.05) is 19.8 Å². The maximum atomic E-state index is 13.7. The molecule has 10 heteroatoms. The molecule has 0 radical (unpaired) electrons. The topological polar surface area (TPSA) is 103 Å². The van der Waals surface area contributed by atoms with Crippen LogP contribution in [0, 0.1) is 13.8 Å². The number of anilines is 1. The van der Waals surface area contributed by atoms with Gasteiger partial charge in [0.1, 0.15) is 17.1 Å². The van der Waals surface area contributed by atoms with Gasteiger partial charge in [0.25, 0.3) is 11.5 Å². The van der Waals surface area contributed by atoms with Crippen molar-refractivity contribution in [3.8, 4) is 11.4 Å². The number of hydrogen-bond acceptors (Lipinski definition) is 6. The molecule has 4 aromatic rings.